The van der Waals surface area contributed by atoms with E-state index in [1.807, 2.05) is 27.7 Å². The molecule has 0 aliphatic heterocycles. The Kier molecular flexibility index (Phi) is 5.46. The number of carbonyl (C=O) groups is 1. The van der Waals surface area contributed by atoms with Crippen LogP contribution in [0.3, 0.4) is 0 Å². The Balaban J connectivity index is 4.11. The molecule has 0 fully saturated rings. The summed E-state index contributed by atoms with van der Waals surface area (Å²) >= 11 is 0. The van der Waals surface area contributed by atoms with Crippen molar-refractivity contribution in [3.63, 3.8) is 0 Å². The van der Waals surface area contributed by atoms with Gasteiger partial charge < -0.3 is 16.0 Å². The molecule has 0 unspecified atom stereocenters. The minimum atomic E-state index is -0.0320. The van der Waals surface area contributed by atoms with Crippen LogP contribution in [0.4, 0.5) is 4.79 Å². The summed E-state index contributed by atoms with van der Waals surface area (Å²) in [5.74, 6) is 0. The lowest BCUT2D eigenvalue weighted by molar-refractivity contribution is 0.182. The first-order chi connectivity index (χ1) is 5.99. The quantitative estimate of drug-likeness (QED) is 0.683. The third-order valence-electron chi connectivity index (χ3n) is 1.67. The van der Waals surface area contributed by atoms with E-state index in [0.717, 1.165) is 0 Å². The highest BCUT2D eigenvalue weighted by molar-refractivity contribution is 5.74. The number of urea groups is 1. The third kappa shape index (κ3) is 4.72. The van der Waals surface area contributed by atoms with E-state index in [4.69, 9.17) is 5.73 Å². The van der Waals surface area contributed by atoms with Gasteiger partial charge in [-0.05, 0) is 27.7 Å². The zero-order valence-electron chi connectivity index (χ0n) is 9.00. The zero-order chi connectivity index (χ0) is 10.4. The third-order valence-corrected chi connectivity index (χ3v) is 1.67. The lowest BCUT2D eigenvalue weighted by Crippen LogP contribution is -2.48. The van der Waals surface area contributed by atoms with E-state index in [9.17, 15) is 4.79 Å². The molecule has 0 aliphatic rings. The molecular weight excluding hydrogens is 166 g/mol. The second-order valence-corrected chi connectivity index (χ2v) is 3.68. The van der Waals surface area contributed by atoms with Gasteiger partial charge in [-0.25, -0.2) is 4.79 Å². The fraction of sp³-hybridized carbons (Fsp3) is 0.889. The molecule has 0 rings (SSSR count). The van der Waals surface area contributed by atoms with Gasteiger partial charge in [0.2, 0.25) is 0 Å². The fourth-order valence-corrected chi connectivity index (χ4v) is 1.06. The second kappa shape index (κ2) is 5.80. The summed E-state index contributed by atoms with van der Waals surface area (Å²) in [6.07, 6.45) is 0. The molecule has 4 heteroatoms. The lowest BCUT2D eigenvalue weighted by Gasteiger charge is -2.27. The first kappa shape index (κ1) is 12.2. The molecule has 2 amide bonds. The van der Waals surface area contributed by atoms with Gasteiger partial charge in [0.1, 0.15) is 0 Å². The maximum Gasteiger partial charge on any atom is 0.317 e. The Morgan fingerprint density at radius 2 is 1.92 bits per heavy atom. The molecule has 13 heavy (non-hydrogen) atoms. The summed E-state index contributed by atoms with van der Waals surface area (Å²) in [6.45, 7) is 8.96. The first-order valence-electron chi connectivity index (χ1n) is 4.76. The van der Waals surface area contributed by atoms with Crippen LogP contribution in [0.1, 0.15) is 27.7 Å². The average Bonchev–Trinajstić information content (AvgIpc) is 1.97. The normalized spacial score (nSPS) is 10.7. The van der Waals surface area contributed by atoms with Crippen LogP contribution in [0, 0.1) is 0 Å². The average molecular weight is 187 g/mol. The Morgan fingerprint density at radius 3 is 2.23 bits per heavy atom. The van der Waals surface area contributed by atoms with Gasteiger partial charge in [-0.1, -0.05) is 0 Å². The lowest BCUT2D eigenvalue weighted by atomic mass is 10.3. The number of hydrogen-bond donors (Lipinski definition) is 2. The summed E-state index contributed by atoms with van der Waals surface area (Å²) in [7, 11) is 0. The molecule has 3 N–H and O–H groups in total. The van der Waals surface area contributed by atoms with E-state index in [0.29, 0.717) is 13.1 Å². The van der Waals surface area contributed by atoms with Gasteiger partial charge in [-0.15, -0.1) is 0 Å². The Labute approximate surface area is 80.5 Å². The largest absolute Gasteiger partial charge is 0.336 e. The summed E-state index contributed by atoms with van der Waals surface area (Å²) in [6, 6.07) is 0.337. The van der Waals surface area contributed by atoms with E-state index < -0.39 is 0 Å². The molecule has 0 atom stereocenters. The summed E-state index contributed by atoms with van der Waals surface area (Å²) in [5, 5.41) is 2.84. The van der Waals surface area contributed by atoms with Crippen molar-refractivity contribution in [2.75, 3.05) is 13.1 Å². The van der Waals surface area contributed by atoms with E-state index in [-0.39, 0.29) is 18.1 Å². The summed E-state index contributed by atoms with van der Waals surface area (Å²) in [5.41, 5.74) is 5.41. The number of amides is 2. The molecule has 0 aromatic rings. The molecule has 0 heterocycles. The summed E-state index contributed by atoms with van der Waals surface area (Å²) < 4.78 is 0. The first-order valence-corrected chi connectivity index (χ1v) is 4.76. The van der Waals surface area contributed by atoms with Crippen molar-refractivity contribution in [3.8, 4) is 0 Å². The van der Waals surface area contributed by atoms with Crippen LogP contribution in [0.15, 0.2) is 0 Å². The number of hydrogen-bond acceptors (Lipinski definition) is 2. The Hall–Kier alpha value is -0.770. The van der Waals surface area contributed by atoms with Crippen molar-refractivity contribution in [2.45, 2.75) is 39.8 Å². The predicted octanol–water partition coefficient (Wildman–Crippen LogP) is 0.773. The van der Waals surface area contributed by atoms with Crippen LogP contribution in [-0.2, 0) is 0 Å². The van der Waals surface area contributed by atoms with Crippen LogP contribution >= 0.6 is 0 Å². The van der Waals surface area contributed by atoms with Gasteiger partial charge in [0.15, 0.2) is 0 Å². The molecule has 0 saturated heterocycles. The number of nitrogens with zero attached hydrogens (tertiary/aromatic N) is 1. The molecule has 78 valence electrons. The Bertz CT molecular complexity index is 157. The summed E-state index contributed by atoms with van der Waals surface area (Å²) in [4.78, 5) is 13.3. The maximum absolute atomic E-state index is 11.5. The topological polar surface area (TPSA) is 58.4 Å². The van der Waals surface area contributed by atoms with Crippen molar-refractivity contribution in [2.24, 2.45) is 5.73 Å². The molecule has 0 aromatic carbocycles. The van der Waals surface area contributed by atoms with E-state index in [1.165, 1.54) is 0 Å². The minimum Gasteiger partial charge on any atom is -0.336 e. The van der Waals surface area contributed by atoms with Crippen molar-refractivity contribution in [1.82, 2.24) is 10.2 Å². The molecule has 0 saturated carbocycles. The van der Waals surface area contributed by atoms with Crippen molar-refractivity contribution >= 4 is 6.03 Å². The molecule has 0 aliphatic carbocycles. The number of nitrogens with two attached hydrogens (primary N) is 1. The van der Waals surface area contributed by atoms with E-state index in [2.05, 4.69) is 5.32 Å². The Morgan fingerprint density at radius 1 is 1.38 bits per heavy atom. The van der Waals surface area contributed by atoms with Gasteiger partial charge in [0, 0.05) is 25.2 Å². The molecule has 0 spiro atoms. The number of nitrogens with one attached hydrogen (secondary N) is 1. The van der Waals surface area contributed by atoms with Crippen molar-refractivity contribution in [1.29, 1.82) is 0 Å². The fourth-order valence-electron chi connectivity index (χ4n) is 1.06. The zero-order valence-corrected chi connectivity index (χ0v) is 9.00. The second-order valence-electron chi connectivity index (χ2n) is 3.68. The van der Waals surface area contributed by atoms with Crippen molar-refractivity contribution in [3.05, 3.63) is 0 Å². The van der Waals surface area contributed by atoms with E-state index >= 15 is 0 Å². The highest BCUT2D eigenvalue weighted by Gasteiger charge is 2.15. The maximum atomic E-state index is 11.5. The number of carbonyl (C=O) groups excluding carboxylic acids is 1. The van der Waals surface area contributed by atoms with Gasteiger partial charge in [0.05, 0.1) is 0 Å². The van der Waals surface area contributed by atoms with Crippen LogP contribution < -0.4 is 11.1 Å². The SMILES string of the molecule is CC(C)NC(=O)N(CCN)C(C)C. The van der Waals surface area contributed by atoms with Crippen LogP contribution in [0.5, 0.6) is 0 Å². The van der Waals surface area contributed by atoms with Gasteiger partial charge in [0.25, 0.3) is 0 Å². The van der Waals surface area contributed by atoms with Crippen LogP contribution in [0.2, 0.25) is 0 Å². The van der Waals surface area contributed by atoms with Gasteiger partial charge in [-0.2, -0.15) is 0 Å². The van der Waals surface area contributed by atoms with Gasteiger partial charge >= 0.3 is 6.03 Å². The van der Waals surface area contributed by atoms with Crippen molar-refractivity contribution < 1.29 is 4.79 Å². The monoisotopic (exact) mass is 187 g/mol. The molecule has 4 nitrogen and oxygen atoms in total. The van der Waals surface area contributed by atoms with Crippen LogP contribution in [0.25, 0.3) is 0 Å². The standard InChI is InChI=1S/C9H21N3O/c1-7(2)11-9(13)12(6-5-10)8(3)4/h7-8H,5-6,10H2,1-4H3,(H,11,13). The molecule has 0 aromatic heterocycles. The minimum absolute atomic E-state index is 0.0320. The highest BCUT2D eigenvalue weighted by Crippen LogP contribution is 1.98. The number of rotatable bonds is 4. The smallest absolute Gasteiger partial charge is 0.317 e. The van der Waals surface area contributed by atoms with Gasteiger partial charge in [-0.3, -0.25) is 0 Å². The van der Waals surface area contributed by atoms with Crippen LogP contribution in [-0.4, -0.2) is 36.1 Å². The predicted molar refractivity (Wildman–Crippen MR) is 54.6 cm³/mol. The highest BCUT2D eigenvalue weighted by atomic mass is 16.2. The molecule has 0 radical (unpaired) electrons. The van der Waals surface area contributed by atoms with E-state index in [1.54, 1.807) is 4.90 Å². The molecular formula is C9H21N3O. The molecule has 0 bridgehead atoms.